The largest absolute Gasteiger partial charge is 0.545 e. The summed E-state index contributed by atoms with van der Waals surface area (Å²) in [7, 11) is 0. The van der Waals surface area contributed by atoms with Gasteiger partial charge in [0.2, 0.25) is 5.91 Å². The van der Waals surface area contributed by atoms with Gasteiger partial charge in [-0.1, -0.05) is 31.2 Å². The first kappa shape index (κ1) is 18.7. The highest BCUT2D eigenvalue weighted by Crippen LogP contribution is 2.28. The number of benzene rings is 1. The Hall–Kier alpha value is -2.63. The smallest absolute Gasteiger partial charge is 0.310 e. The number of aromatic carboxylic acids is 1. The van der Waals surface area contributed by atoms with Gasteiger partial charge in [-0.3, -0.25) is 9.59 Å². The van der Waals surface area contributed by atoms with E-state index in [0.717, 1.165) is 6.42 Å². The van der Waals surface area contributed by atoms with Gasteiger partial charge in [0.25, 0.3) is 0 Å². The van der Waals surface area contributed by atoms with Gasteiger partial charge in [-0.25, -0.2) is 0 Å². The third-order valence-corrected chi connectivity index (χ3v) is 4.35. The van der Waals surface area contributed by atoms with E-state index in [1.54, 1.807) is 0 Å². The standard InChI is InChI=1S/C19H23NO5/c1-3-12(2)25-19(24)16-7-5-4-6-15(16)17(21)20-14-10-8-13(9-11-14)18(22)23/h4-5,8-12,15-16H,3,6-7H2,1-2H3,(H,20,21)(H,22,23)/p-1/t12-,15-,16-/m0/s1. The highest BCUT2D eigenvalue weighted by atomic mass is 16.5. The molecular formula is C19H22NO5-. The quantitative estimate of drug-likeness (QED) is 0.628. The predicted octanol–water partition coefficient (Wildman–Crippen LogP) is 1.91. The van der Waals surface area contributed by atoms with E-state index >= 15 is 0 Å². The Bertz CT molecular complexity index is 665. The van der Waals surface area contributed by atoms with Crippen molar-refractivity contribution in [2.24, 2.45) is 11.8 Å². The maximum absolute atomic E-state index is 12.6. The van der Waals surface area contributed by atoms with Crippen molar-refractivity contribution in [3.05, 3.63) is 42.0 Å². The van der Waals surface area contributed by atoms with E-state index < -0.39 is 17.8 Å². The molecule has 6 heteroatoms. The topological polar surface area (TPSA) is 95.5 Å². The van der Waals surface area contributed by atoms with Crippen LogP contribution in [-0.4, -0.2) is 23.9 Å². The van der Waals surface area contributed by atoms with Crippen LogP contribution in [0.25, 0.3) is 0 Å². The molecule has 0 aromatic heterocycles. The number of carboxylic acids is 1. The maximum atomic E-state index is 12.6. The molecule has 0 bridgehead atoms. The maximum Gasteiger partial charge on any atom is 0.310 e. The number of anilines is 1. The third kappa shape index (κ3) is 4.92. The van der Waals surface area contributed by atoms with Crippen LogP contribution in [-0.2, 0) is 14.3 Å². The number of rotatable bonds is 6. The van der Waals surface area contributed by atoms with Gasteiger partial charge in [-0.2, -0.15) is 0 Å². The number of carboxylic acid groups (broad SMARTS) is 1. The van der Waals surface area contributed by atoms with Gasteiger partial charge in [0.05, 0.1) is 23.9 Å². The molecule has 134 valence electrons. The molecule has 1 aromatic rings. The van der Waals surface area contributed by atoms with Gasteiger partial charge in [0.1, 0.15) is 0 Å². The molecule has 0 spiro atoms. The lowest BCUT2D eigenvalue weighted by Gasteiger charge is -2.27. The summed E-state index contributed by atoms with van der Waals surface area (Å²) >= 11 is 0. The van der Waals surface area contributed by atoms with Crippen LogP contribution >= 0.6 is 0 Å². The van der Waals surface area contributed by atoms with Crippen LogP contribution in [0.5, 0.6) is 0 Å². The van der Waals surface area contributed by atoms with Crippen LogP contribution in [0.15, 0.2) is 36.4 Å². The fourth-order valence-electron chi connectivity index (χ4n) is 2.66. The molecule has 1 amide bonds. The van der Waals surface area contributed by atoms with Crippen LogP contribution < -0.4 is 10.4 Å². The molecule has 0 radical (unpaired) electrons. The molecule has 25 heavy (non-hydrogen) atoms. The van der Waals surface area contributed by atoms with Crippen molar-refractivity contribution in [2.45, 2.75) is 39.2 Å². The van der Waals surface area contributed by atoms with Crippen molar-refractivity contribution in [3.63, 3.8) is 0 Å². The highest BCUT2D eigenvalue weighted by Gasteiger charge is 2.35. The minimum Gasteiger partial charge on any atom is -0.545 e. The Morgan fingerprint density at radius 3 is 2.32 bits per heavy atom. The molecular weight excluding hydrogens is 322 g/mol. The molecule has 2 rings (SSSR count). The van der Waals surface area contributed by atoms with Gasteiger partial charge < -0.3 is 20.0 Å². The molecule has 1 aliphatic rings. The third-order valence-electron chi connectivity index (χ3n) is 4.35. The number of allylic oxidation sites excluding steroid dienone is 2. The van der Waals surface area contributed by atoms with Crippen molar-refractivity contribution >= 4 is 23.5 Å². The van der Waals surface area contributed by atoms with E-state index in [1.165, 1.54) is 24.3 Å². The second-order valence-corrected chi connectivity index (χ2v) is 6.17. The number of amides is 1. The molecule has 1 N–H and O–H groups in total. The van der Waals surface area contributed by atoms with Crippen LogP contribution in [0.1, 0.15) is 43.5 Å². The minimum atomic E-state index is -1.27. The number of nitrogens with one attached hydrogen (secondary N) is 1. The Balaban J connectivity index is 2.06. The lowest BCUT2D eigenvalue weighted by atomic mass is 9.82. The zero-order valence-electron chi connectivity index (χ0n) is 14.4. The summed E-state index contributed by atoms with van der Waals surface area (Å²) in [4.78, 5) is 35.7. The SMILES string of the molecule is CC[C@H](C)OC(=O)[C@H]1CC=CC[C@@H]1C(=O)Nc1ccc(C(=O)[O-])cc1. The molecule has 0 aliphatic heterocycles. The Kier molecular flexibility index (Phi) is 6.33. The van der Waals surface area contributed by atoms with E-state index in [4.69, 9.17) is 4.74 Å². The summed E-state index contributed by atoms with van der Waals surface area (Å²) < 4.78 is 5.39. The normalized spacial score (nSPS) is 20.6. The summed E-state index contributed by atoms with van der Waals surface area (Å²) in [6, 6.07) is 5.71. The number of hydrogen-bond donors (Lipinski definition) is 1. The summed E-state index contributed by atoms with van der Waals surface area (Å²) in [5, 5.41) is 13.5. The zero-order valence-corrected chi connectivity index (χ0v) is 14.4. The Morgan fingerprint density at radius 2 is 1.76 bits per heavy atom. The van der Waals surface area contributed by atoms with Crippen LogP contribution in [0, 0.1) is 11.8 Å². The molecule has 1 aromatic carbocycles. The first-order valence-corrected chi connectivity index (χ1v) is 8.40. The number of esters is 1. The first-order chi connectivity index (χ1) is 11.9. The van der Waals surface area contributed by atoms with Crippen molar-refractivity contribution in [2.75, 3.05) is 5.32 Å². The monoisotopic (exact) mass is 344 g/mol. The Labute approximate surface area is 146 Å². The predicted molar refractivity (Wildman–Crippen MR) is 90.6 cm³/mol. The van der Waals surface area contributed by atoms with Gasteiger partial charge in [0, 0.05) is 5.69 Å². The lowest BCUT2D eigenvalue weighted by molar-refractivity contribution is -0.255. The lowest BCUT2D eigenvalue weighted by Crippen LogP contribution is -2.36. The highest BCUT2D eigenvalue weighted by molar-refractivity contribution is 5.96. The van der Waals surface area contributed by atoms with E-state index in [2.05, 4.69) is 5.32 Å². The average Bonchev–Trinajstić information content (AvgIpc) is 2.61. The fourth-order valence-corrected chi connectivity index (χ4v) is 2.66. The van der Waals surface area contributed by atoms with Gasteiger partial charge in [0.15, 0.2) is 0 Å². The van der Waals surface area contributed by atoms with Crippen LogP contribution in [0.2, 0.25) is 0 Å². The van der Waals surface area contributed by atoms with Crippen LogP contribution in [0.4, 0.5) is 5.69 Å². The summed E-state index contributed by atoms with van der Waals surface area (Å²) in [5.74, 6) is -2.94. The van der Waals surface area contributed by atoms with Crippen molar-refractivity contribution < 1.29 is 24.2 Å². The van der Waals surface area contributed by atoms with Gasteiger partial charge >= 0.3 is 5.97 Å². The number of carbonyl (C=O) groups excluding carboxylic acids is 3. The summed E-state index contributed by atoms with van der Waals surface area (Å²) in [6.45, 7) is 3.75. The molecule has 0 saturated heterocycles. The molecule has 3 atom stereocenters. The van der Waals surface area contributed by atoms with Crippen LogP contribution in [0.3, 0.4) is 0 Å². The molecule has 0 fully saturated rings. The fraction of sp³-hybridized carbons (Fsp3) is 0.421. The average molecular weight is 344 g/mol. The molecule has 1 aliphatic carbocycles. The van der Waals surface area contributed by atoms with Gasteiger partial charge in [-0.15, -0.1) is 0 Å². The number of carbonyl (C=O) groups is 3. The van der Waals surface area contributed by atoms with E-state index in [1.807, 2.05) is 26.0 Å². The summed E-state index contributed by atoms with van der Waals surface area (Å²) in [6.07, 6.45) is 5.24. The second kappa shape index (κ2) is 8.46. The molecule has 0 saturated carbocycles. The number of ether oxygens (including phenoxy) is 1. The summed E-state index contributed by atoms with van der Waals surface area (Å²) in [5.41, 5.74) is 0.507. The Morgan fingerprint density at radius 1 is 1.16 bits per heavy atom. The first-order valence-electron chi connectivity index (χ1n) is 8.40. The van der Waals surface area contributed by atoms with Crippen molar-refractivity contribution in [1.29, 1.82) is 0 Å². The molecule has 0 unspecified atom stereocenters. The van der Waals surface area contributed by atoms with E-state index in [9.17, 15) is 19.5 Å². The zero-order chi connectivity index (χ0) is 18.4. The minimum absolute atomic E-state index is 0.0357. The van der Waals surface area contributed by atoms with E-state index in [0.29, 0.717) is 18.5 Å². The molecule has 0 heterocycles. The van der Waals surface area contributed by atoms with Crippen molar-refractivity contribution in [3.8, 4) is 0 Å². The van der Waals surface area contributed by atoms with Gasteiger partial charge in [-0.05, 0) is 43.9 Å². The van der Waals surface area contributed by atoms with E-state index in [-0.39, 0.29) is 23.5 Å². The molecule has 6 nitrogen and oxygen atoms in total. The second-order valence-electron chi connectivity index (χ2n) is 6.17. The van der Waals surface area contributed by atoms with Crippen molar-refractivity contribution in [1.82, 2.24) is 0 Å². The number of hydrogen-bond acceptors (Lipinski definition) is 5.